The lowest BCUT2D eigenvalue weighted by Gasteiger charge is -2.38. The number of nitrogens with one attached hydrogen (secondary N) is 2. The molecule has 0 unspecified atom stereocenters. The number of nitrogens with zero attached hydrogens (tertiary/aromatic N) is 8. The van der Waals surface area contributed by atoms with Gasteiger partial charge in [0.05, 0.1) is 30.7 Å². The van der Waals surface area contributed by atoms with Crippen molar-refractivity contribution >= 4 is 45.9 Å². The van der Waals surface area contributed by atoms with Crippen molar-refractivity contribution in [2.75, 3.05) is 13.1 Å². The van der Waals surface area contributed by atoms with E-state index in [2.05, 4.69) is 26.5 Å². The number of benzene rings is 4. The van der Waals surface area contributed by atoms with Gasteiger partial charge in [-0.05, 0) is 113 Å². The topological polar surface area (TPSA) is 255 Å². The molecule has 8 rings (SSSR count). The first kappa shape index (κ1) is 52.2. The van der Waals surface area contributed by atoms with E-state index >= 15 is 0 Å². The highest BCUT2D eigenvalue weighted by Gasteiger charge is 2.43. The monoisotopic (exact) mass is 990 g/mol. The van der Waals surface area contributed by atoms with Gasteiger partial charge in [-0.2, -0.15) is 11.0 Å². The van der Waals surface area contributed by atoms with Crippen LogP contribution in [-0.4, -0.2) is 107 Å². The molecular formula is C50H58N10O12. The lowest BCUT2D eigenvalue weighted by atomic mass is 9.98. The lowest BCUT2D eigenvalue weighted by Crippen LogP contribution is -2.59. The number of carbonyl (C=O) groups is 4. The molecule has 22 nitrogen and oxygen atoms in total. The molecule has 2 saturated heterocycles. The van der Waals surface area contributed by atoms with Gasteiger partial charge in [-0.1, -0.05) is 94.5 Å². The normalized spacial score (nSPS) is 18.2. The largest absolute Gasteiger partial charge is 0.688 e. The standard InChI is InChI=1S/2C25H29N5O6/c1-25(2,3)35-24(33)29-15-18(27-34-16-17-9-5-4-6-10-17)13-14-21(29)23(32)36-30-22(31)19-11-7-8-12-20(19)26-28-30;1-25(2,3)36-24(33)28-15-18(26-35-16-17-9-5-4-6-10-17)13-14-21(28)23(32)29-20-12-8-7-11-19(20)22(31)30(34)27-29/h4-12,18,21,27H,13-16H2,1-3H3;4-12,18,21,26H,13-16H2,1-3H3/t2*18-,21+/m11/s1. The van der Waals surface area contributed by atoms with Crippen molar-refractivity contribution in [3.63, 3.8) is 0 Å². The third-order valence-electron chi connectivity index (χ3n) is 11.3. The van der Waals surface area contributed by atoms with Crippen LogP contribution in [0.1, 0.15) is 83.1 Å². The van der Waals surface area contributed by atoms with Crippen LogP contribution in [0.5, 0.6) is 0 Å². The molecule has 2 aliphatic rings. The summed E-state index contributed by atoms with van der Waals surface area (Å²) in [5, 5.41) is 23.7. The number of rotatable bonds is 11. The van der Waals surface area contributed by atoms with Crippen LogP contribution >= 0.6 is 0 Å². The average Bonchev–Trinajstić information content (AvgIpc) is 3.35. The first-order valence-electron chi connectivity index (χ1n) is 23.4. The molecule has 2 fully saturated rings. The Morgan fingerprint density at radius 3 is 1.69 bits per heavy atom. The highest BCUT2D eigenvalue weighted by molar-refractivity contribution is 5.94. The Labute approximate surface area is 413 Å². The molecule has 4 atom stereocenters. The lowest BCUT2D eigenvalue weighted by molar-refractivity contribution is -0.688. The highest BCUT2D eigenvalue weighted by atomic mass is 16.7. The van der Waals surface area contributed by atoms with Crippen molar-refractivity contribution in [3.8, 4) is 0 Å². The molecule has 22 heteroatoms. The van der Waals surface area contributed by atoms with Crippen LogP contribution in [0.15, 0.2) is 119 Å². The fourth-order valence-corrected chi connectivity index (χ4v) is 7.91. The first-order valence-corrected chi connectivity index (χ1v) is 23.4. The second-order valence-corrected chi connectivity index (χ2v) is 19.2. The van der Waals surface area contributed by atoms with Crippen LogP contribution in [0.2, 0.25) is 0 Å². The highest BCUT2D eigenvalue weighted by Crippen LogP contribution is 2.25. The smallest absolute Gasteiger partial charge is 0.411 e. The molecule has 0 bridgehead atoms. The number of amides is 2. The second kappa shape index (κ2) is 23.1. The van der Waals surface area contributed by atoms with Crippen molar-refractivity contribution in [2.24, 2.45) is 0 Å². The molecule has 0 saturated carbocycles. The number of hydrogen-bond donors (Lipinski definition) is 2. The minimum Gasteiger partial charge on any atom is -0.688 e. The Morgan fingerprint density at radius 1 is 0.653 bits per heavy atom. The summed E-state index contributed by atoms with van der Waals surface area (Å²) in [6, 6.07) is 29.7. The van der Waals surface area contributed by atoms with Crippen LogP contribution in [-0.2, 0) is 37.2 Å². The molecule has 4 aromatic carbocycles. The zero-order chi connectivity index (χ0) is 51.6. The Morgan fingerprint density at radius 2 is 1.14 bits per heavy atom. The van der Waals surface area contributed by atoms with E-state index in [4.69, 9.17) is 24.0 Å². The second-order valence-electron chi connectivity index (χ2n) is 19.2. The Bertz CT molecular complexity index is 2980. The number of fused-ring (bicyclic) bond motifs is 2. The maximum absolute atomic E-state index is 13.6. The van der Waals surface area contributed by atoms with E-state index in [-0.39, 0.29) is 59.1 Å². The number of piperidine rings is 2. The van der Waals surface area contributed by atoms with Gasteiger partial charge in [-0.15, -0.1) is 5.10 Å². The molecule has 4 heterocycles. The van der Waals surface area contributed by atoms with E-state index in [1.54, 1.807) is 77.9 Å². The molecule has 2 aliphatic heterocycles. The van der Waals surface area contributed by atoms with Gasteiger partial charge in [-0.3, -0.25) is 24.3 Å². The van der Waals surface area contributed by atoms with Crippen molar-refractivity contribution in [1.29, 1.82) is 0 Å². The van der Waals surface area contributed by atoms with E-state index in [0.29, 0.717) is 36.4 Å². The van der Waals surface area contributed by atoms with Crippen molar-refractivity contribution in [1.82, 2.24) is 45.8 Å². The van der Waals surface area contributed by atoms with Gasteiger partial charge in [0, 0.05) is 13.1 Å². The zero-order valence-corrected chi connectivity index (χ0v) is 40.8. The van der Waals surface area contributed by atoms with Crippen molar-refractivity contribution in [3.05, 3.63) is 146 Å². The van der Waals surface area contributed by atoms with Gasteiger partial charge >= 0.3 is 35.2 Å². The number of para-hydroxylation sites is 1. The van der Waals surface area contributed by atoms with Gasteiger partial charge in [0.15, 0.2) is 5.52 Å². The zero-order valence-electron chi connectivity index (χ0n) is 40.8. The number of hydrogen-bond acceptors (Lipinski definition) is 17. The summed E-state index contributed by atoms with van der Waals surface area (Å²) in [6.45, 7) is 11.4. The molecule has 0 spiro atoms. The van der Waals surface area contributed by atoms with E-state index in [1.165, 1.54) is 21.9 Å². The minimum atomic E-state index is -0.979. The Kier molecular flexibility index (Phi) is 16.7. The van der Waals surface area contributed by atoms with Gasteiger partial charge in [0.2, 0.25) is 0 Å². The quantitative estimate of drug-likeness (QED) is 0.0790. The Balaban J connectivity index is 0.000000211. The summed E-state index contributed by atoms with van der Waals surface area (Å²) in [7, 11) is 0. The third-order valence-corrected chi connectivity index (χ3v) is 11.3. The van der Waals surface area contributed by atoms with E-state index in [9.17, 15) is 34.0 Å². The van der Waals surface area contributed by atoms with Crippen LogP contribution in [0.3, 0.4) is 0 Å². The average molecular weight is 991 g/mol. The maximum atomic E-state index is 13.6. The van der Waals surface area contributed by atoms with Gasteiger partial charge < -0.3 is 19.5 Å². The molecule has 2 N–H and O–H groups in total. The predicted molar refractivity (Wildman–Crippen MR) is 259 cm³/mol. The fourth-order valence-electron chi connectivity index (χ4n) is 7.91. The number of aromatic nitrogens is 6. The molecule has 2 amide bonds. The molecule has 380 valence electrons. The number of ether oxygens (including phenoxy) is 2. The van der Waals surface area contributed by atoms with E-state index < -0.39 is 58.5 Å². The molecule has 72 heavy (non-hydrogen) atoms. The van der Waals surface area contributed by atoms with E-state index in [1.807, 2.05) is 60.7 Å². The molecule has 0 aliphatic carbocycles. The summed E-state index contributed by atoms with van der Waals surface area (Å²) in [4.78, 5) is 97.3. The minimum absolute atomic E-state index is 0.0596. The number of hydroxylamine groups is 2. The SMILES string of the molecule is CC(C)(C)OC(=O)N1C[C@H](NOCc2ccccc2)CC[C@H]1C(=O)On1nnc2ccccc2c1=O.CC(C)(C)OC(=O)N1C[C@H](NOCc2ccccc2)CC[C@H]1C(=O)n1n[n+]([O-])c(=O)c2ccccc21. The molecule has 6 aromatic rings. The van der Waals surface area contributed by atoms with Gasteiger partial charge in [-0.25, -0.2) is 24.0 Å². The summed E-state index contributed by atoms with van der Waals surface area (Å²) in [6.07, 6.45) is 0.226. The molecular weight excluding hydrogens is 933 g/mol. The summed E-state index contributed by atoms with van der Waals surface area (Å²) in [5.41, 5.74) is 5.48. The van der Waals surface area contributed by atoms with Crippen molar-refractivity contribution in [2.45, 2.75) is 116 Å². The summed E-state index contributed by atoms with van der Waals surface area (Å²) >= 11 is 0. The summed E-state index contributed by atoms with van der Waals surface area (Å²) in [5.74, 6) is -1.42. The Hall–Kier alpha value is -7.66. The first-order chi connectivity index (χ1) is 34.3. The third kappa shape index (κ3) is 13.6. The van der Waals surface area contributed by atoms with Crippen LogP contribution in [0, 0.1) is 5.21 Å². The number of carbonyl (C=O) groups excluding carboxylic acids is 4. The predicted octanol–water partition coefficient (Wildman–Crippen LogP) is 4.40. The van der Waals surface area contributed by atoms with Crippen LogP contribution in [0.4, 0.5) is 9.59 Å². The molecule has 2 aromatic heterocycles. The van der Waals surface area contributed by atoms with Gasteiger partial charge in [0.1, 0.15) is 39.4 Å². The van der Waals surface area contributed by atoms with Crippen LogP contribution in [0.25, 0.3) is 21.8 Å². The molecule has 0 radical (unpaired) electrons. The maximum Gasteiger partial charge on any atom is 0.411 e. The van der Waals surface area contributed by atoms with Crippen LogP contribution < -0.4 is 31.8 Å². The fraction of sp³-hybridized carbons (Fsp3) is 0.400. The van der Waals surface area contributed by atoms with Crippen molar-refractivity contribution < 1.29 is 48.0 Å². The summed E-state index contributed by atoms with van der Waals surface area (Å²) < 4.78 is 12.0. The van der Waals surface area contributed by atoms with E-state index in [0.717, 1.165) is 15.8 Å². The van der Waals surface area contributed by atoms with Gasteiger partial charge in [0.25, 0.3) is 0 Å². The number of likely N-dealkylation sites (tertiary alicyclic amines) is 2.